The summed E-state index contributed by atoms with van der Waals surface area (Å²) < 4.78 is 32.8. The van der Waals surface area contributed by atoms with E-state index in [0.29, 0.717) is 11.5 Å². The maximum absolute atomic E-state index is 13.7. The number of carbonyl (C=O) groups is 1. The first kappa shape index (κ1) is 20.4. The van der Waals surface area contributed by atoms with E-state index in [9.17, 15) is 13.6 Å². The van der Waals surface area contributed by atoms with Crippen LogP contribution in [-0.4, -0.2) is 36.7 Å². The van der Waals surface area contributed by atoms with Crippen LogP contribution in [-0.2, 0) is 11.2 Å². The lowest BCUT2D eigenvalue weighted by Crippen LogP contribution is -2.53. The van der Waals surface area contributed by atoms with E-state index < -0.39 is 11.6 Å². The number of carbonyl (C=O) groups excluding carboxylic acids is 1. The summed E-state index contributed by atoms with van der Waals surface area (Å²) in [6.07, 6.45) is 2.60. The molecule has 6 heteroatoms. The number of ether oxygens (including phenoxy) is 1. The third-order valence-corrected chi connectivity index (χ3v) is 7.25. The van der Waals surface area contributed by atoms with Gasteiger partial charge in [-0.25, -0.2) is 13.6 Å². The van der Waals surface area contributed by atoms with Crippen molar-refractivity contribution >= 4 is 6.09 Å². The van der Waals surface area contributed by atoms with E-state index in [1.54, 1.807) is 6.07 Å². The maximum Gasteiger partial charge on any atom is 0.407 e. The maximum atomic E-state index is 13.7. The fraction of sp³-hybridized carbons (Fsp3) is 0.480. The zero-order chi connectivity index (χ0) is 21.8. The summed E-state index contributed by atoms with van der Waals surface area (Å²) in [4.78, 5) is 15.1. The minimum absolute atomic E-state index is 0.0257. The minimum Gasteiger partial charge on any atom is -0.445 e. The number of amides is 1. The number of rotatable bonds is 3. The van der Waals surface area contributed by atoms with Gasteiger partial charge in [0.15, 0.2) is 11.6 Å². The van der Waals surface area contributed by atoms with Crippen LogP contribution in [0.3, 0.4) is 0 Å². The van der Waals surface area contributed by atoms with Crippen LogP contribution >= 0.6 is 0 Å². The zero-order valence-corrected chi connectivity index (χ0v) is 18.0. The van der Waals surface area contributed by atoms with Crippen LogP contribution < -0.4 is 5.32 Å². The molecule has 0 spiro atoms. The Bertz CT molecular complexity index is 1010. The van der Waals surface area contributed by atoms with Gasteiger partial charge in [0.2, 0.25) is 0 Å². The molecule has 6 rings (SSSR count). The summed E-state index contributed by atoms with van der Waals surface area (Å²) in [5.41, 5.74) is 3.47. The Morgan fingerprint density at radius 2 is 1.77 bits per heavy atom. The highest BCUT2D eigenvalue weighted by atomic mass is 19.2. The first-order chi connectivity index (χ1) is 14.8. The van der Waals surface area contributed by atoms with E-state index in [4.69, 9.17) is 4.74 Å². The number of benzene rings is 2. The van der Waals surface area contributed by atoms with E-state index in [-0.39, 0.29) is 23.7 Å². The topological polar surface area (TPSA) is 41.6 Å². The van der Waals surface area contributed by atoms with Gasteiger partial charge in [0.1, 0.15) is 6.10 Å². The number of nitrogens with zero attached hydrogens (tertiary/aromatic N) is 1. The molecule has 2 bridgehead atoms. The van der Waals surface area contributed by atoms with Crippen molar-refractivity contribution in [1.82, 2.24) is 10.2 Å². The summed E-state index contributed by atoms with van der Waals surface area (Å²) in [5, 5.41) is 3.12. The first-order valence-corrected chi connectivity index (χ1v) is 11.1. The summed E-state index contributed by atoms with van der Waals surface area (Å²) >= 11 is 0. The van der Waals surface area contributed by atoms with E-state index in [0.717, 1.165) is 61.7 Å². The molecule has 31 heavy (non-hydrogen) atoms. The van der Waals surface area contributed by atoms with Gasteiger partial charge < -0.3 is 10.1 Å². The second-order valence-corrected chi connectivity index (χ2v) is 9.87. The van der Waals surface area contributed by atoms with Gasteiger partial charge in [0.25, 0.3) is 0 Å². The number of hydrogen-bond donors (Lipinski definition) is 1. The summed E-state index contributed by atoms with van der Waals surface area (Å²) in [5.74, 6) is -1.23. The summed E-state index contributed by atoms with van der Waals surface area (Å²) in [6.45, 7) is 7.30. The van der Waals surface area contributed by atoms with Crippen LogP contribution in [0.25, 0.3) is 11.1 Å². The van der Waals surface area contributed by atoms with Crippen molar-refractivity contribution < 1.29 is 18.3 Å². The van der Waals surface area contributed by atoms with Crippen LogP contribution in [0.15, 0.2) is 36.4 Å². The Hall–Kier alpha value is -2.47. The molecule has 1 unspecified atom stereocenters. The number of halogens is 2. The Balaban J connectivity index is 1.33. The standard InChI is InChI=1S/C25H28F2N2O2/c1-25(2)13-18-11-16(17-4-6-20(26)21(27)12-17)3-5-19(18)23(25)28-24(30)31-22-14-29-9-7-15(22)8-10-29/h3-6,11-12,15,22-23H,7-10,13-14H2,1-2H3,(H,28,30)/t22-,23?/m1/s1. The highest BCUT2D eigenvalue weighted by Crippen LogP contribution is 2.46. The van der Waals surface area contributed by atoms with Gasteiger partial charge in [-0.3, -0.25) is 4.90 Å². The van der Waals surface area contributed by atoms with Crippen molar-refractivity contribution in [3.63, 3.8) is 0 Å². The number of nitrogens with one attached hydrogen (secondary N) is 1. The number of alkyl carbamates (subject to hydrolysis) is 1. The molecule has 1 N–H and O–H groups in total. The van der Waals surface area contributed by atoms with E-state index >= 15 is 0 Å². The lowest BCUT2D eigenvalue weighted by atomic mass is 9.85. The van der Waals surface area contributed by atoms with Gasteiger partial charge >= 0.3 is 6.09 Å². The first-order valence-electron chi connectivity index (χ1n) is 11.1. The number of fused-ring (bicyclic) bond motifs is 4. The molecule has 2 aromatic carbocycles. The van der Waals surface area contributed by atoms with Crippen LogP contribution in [0.5, 0.6) is 0 Å². The van der Waals surface area contributed by atoms with E-state index in [2.05, 4.69) is 24.1 Å². The lowest BCUT2D eigenvalue weighted by molar-refractivity contribution is -0.0348. The van der Waals surface area contributed by atoms with Crippen LogP contribution in [0.2, 0.25) is 0 Å². The van der Waals surface area contributed by atoms with Crippen LogP contribution in [0.1, 0.15) is 43.9 Å². The molecule has 164 valence electrons. The lowest BCUT2D eigenvalue weighted by Gasteiger charge is -2.44. The predicted octanol–water partition coefficient (Wildman–Crippen LogP) is 5.08. The van der Waals surface area contributed by atoms with Crippen molar-refractivity contribution in [2.75, 3.05) is 19.6 Å². The molecule has 3 saturated heterocycles. The van der Waals surface area contributed by atoms with Crippen molar-refractivity contribution in [1.29, 1.82) is 0 Å². The zero-order valence-electron chi connectivity index (χ0n) is 18.0. The molecule has 0 saturated carbocycles. The molecule has 3 fully saturated rings. The molecule has 0 radical (unpaired) electrons. The van der Waals surface area contributed by atoms with Crippen molar-refractivity contribution in [2.24, 2.45) is 11.3 Å². The Morgan fingerprint density at radius 1 is 1.06 bits per heavy atom. The second-order valence-electron chi connectivity index (χ2n) is 9.87. The molecule has 1 amide bonds. The molecule has 1 aliphatic carbocycles. The smallest absolute Gasteiger partial charge is 0.407 e. The fourth-order valence-corrected chi connectivity index (χ4v) is 5.52. The van der Waals surface area contributed by atoms with E-state index in [1.165, 1.54) is 6.07 Å². The Kier molecular flexibility index (Phi) is 5.00. The third-order valence-electron chi connectivity index (χ3n) is 7.25. The highest BCUT2D eigenvalue weighted by Gasteiger charge is 2.42. The van der Waals surface area contributed by atoms with E-state index in [1.807, 2.05) is 18.2 Å². The average Bonchev–Trinajstić information content (AvgIpc) is 2.99. The van der Waals surface area contributed by atoms with Crippen molar-refractivity contribution in [2.45, 2.75) is 45.3 Å². The van der Waals surface area contributed by atoms with Crippen molar-refractivity contribution in [3.8, 4) is 11.1 Å². The van der Waals surface area contributed by atoms with Gasteiger partial charge in [-0.15, -0.1) is 0 Å². The second kappa shape index (κ2) is 7.59. The quantitative estimate of drug-likeness (QED) is 0.745. The highest BCUT2D eigenvalue weighted by molar-refractivity contribution is 5.70. The normalized spacial score (nSPS) is 28.3. The van der Waals surface area contributed by atoms with Gasteiger partial charge in [-0.2, -0.15) is 0 Å². The molecule has 2 atom stereocenters. The van der Waals surface area contributed by atoms with Gasteiger partial charge in [-0.05, 0) is 78.1 Å². The van der Waals surface area contributed by atoms with Gasteiger partial charge in [0, 0.05) is 6.54 Å². The SMILES string of the molecule is CC1(C)Cc2cc(-c3ccc(F)c(F)c3)ccc2C1NC(=O)O[C@@H]1CN2CCC1CC2. The Labute approximate surface area is 181 Å². The average molecular weight is 427 g/mol. The monoisotopic (exact) mass is 426 g/mol. The number of piperidine rings is 3. The van der Waals surface area contributed by atoms with Crippen LogP contribution in [0, 0.1) is 23.0 Å². The number of hydrogen-bond acceptors (Lipinski definition) is 3. The minimum atomic E-state index is -0.853. The van der Waals surface area contributed by atoms with Crippen molar-refractivity contribution in [3.05, 3.63) is 59.2 Å². The third kappa shape index (κ3) is 3.82. The molecule has 4 aliphatic rings. The van der Waals surface area contributed by atoms with Gasteiger partial charge in [0.05, 0.1) is 6.04 Å². The predicted molar refractivity (Wildman–Crippen MR) is 115 cm³/mol. The molecular weight excluding hydrogens is 398 g/mol. The summed E-state index contributed by atoms with van der Waals surface area (Å²) in [7, 11) is 0. The van der Waals surface area contributed by atoms with Gasteiger partial charge in [-0.1, -0.05) is 38.1 Å². The summed E-state index contributed by atoms with van der Waals surface area (Å²) in [6, 6.07) is 9.70. The molecule has 0 aromatic heterocycles. The fourth-order valence-electron chi connectivity index (χ4n) is 5.52. The molecule has 4 nitrogen and oxygen atoms in total. The Morgan fingerprint density at radius 3 is 2.45 bits per heavy atom. The molecule has 2 aromatic rings. The largest absolute Gasteiger partial charge is 0.445 e. The molecule has 3 heterocycles. The molecule has 3 aliphatic heterocycles. The molecular formula is C25H28F2N2O2. The van der Waals surface area contributed by atoms with Crippen LogP contribution in [0.4, 0.5) is 13.6 Å².